The highest BCUT2D eigenvalue weighted by molar-refractivity contribution is 5.76. The number of aliphatic hydroxyl groups is 1. The van der Waals surface area contributed by atoms with Gasteiger partial charge in [-0.1, -0.05) is 0 Å². The minimum atomic E-state index is -1.94. The van der Waals surface area contributed by atoms with Crippen molar-refractivity contribution in [1.29, 1.82) is 5.26 Å². The largest absolute Gasteiger partial charge is 0.489 e. The SMILES string of the molecule is Cc1cc(C#N)cc(C)c1OCC(C)(O)C(=O)O. The van der Waals surface area contributed by atoms with Crippen molar-refractivity contribution in [2.75, 3.05) is 6.61 Å². The minimum absolute atomic E-state index is 0.351. The van der Waals surface area contributed by atoms with E-state index in [9.17, 15) is 9.90 Å². The van der Waals surface area contributed by atoms with E-state index in [1.165, 1.54) is 6.92 Å². The number of carboxylic acid groups (broad SMARTS) is 1. The fourth-order valence-corrected chi connectivity index (χ4v) is 1.52. The van der Waals surface area contributed by atoms with Crippen molar-refractivity contribution in [2.45, 2.75) is 26.4 Å². The molecule has 1 atom stereocenters. The first kappa shape index (κ1) is 14.0. The van der Waals surface area contributed by atoms with Crippen LogP contribution in [0.2, 0.25) is 0 Å². The van der Waals surface area contributed by atoms with Gasteiger partial charge in [0.15, 0.2) is 5.60 Å². The summed E-state index contributed by atoms with van der Waals surface area (Å²) in [5, 5.41) is 27.1. The fourth-order valence-electron chi connectivity index (χ4n) is 1.52. The Morgan fingerprint density at radius 1 is 1.44 bits per heavy atom. The Balaban J connectivity index is 2.94. The molecule has 2 N–H and O–H groups in total. The Hall–Kier alpha value is -2.06. The number of nitrogens with zero attached hydrogens (tertiary/aromatic N) is 1. The van der Waals surface area contributed by atoms with Crippen LogP contribution in [0.15, 0.2) is 12.1 Å². The van der Waals surface area contributed by atoms with Gasteiger partial charge in [-0.2, -0.15) is 5.26 Å². The number of hydrogen-bond acceptors (Lipinski definition) is 4. The molecule has 1 aromatic rings. The van der Waals surface area contributed by atoms with Crippen LogP contribution in [0.5, 0.6) is 5.75 Å². The van der Waals surface area contributed by atoms with Gasteiger partial charge < -0.3 is 14.9 Å². The van der Waals surface area contributed by atoms with Crippen LogP contribution < -0.4 is 4.74 Å². The van der Waals surface area contributed by atoms with E-state index >= 15 is 0 Å². The average molecular weight is 249 g/mol. The average Bonchev–Trinajstić information content (AvgIpc) is 2.27. The lowest BCUT2D eigenvalue weighted by atomic mass is 10.1. The van der Waals surface area contributed by atoms with Crippen molar-refractivity contribution in [3.8, 4) is 11.8 Å². The van der Waals surface area contributed by atoms with Gasteiger partial charge in [-0.05, 0) is 44.0 Å². The number of hydrogen-bond donors (Lipinski definition) is 2. The van der Waals surface area contributed by atoms with Gasteiger partial charge in [-0.25, -0.2) is 4.79 Å². The van der Waals surface area contributed by atoms with Gasteiger partial charge >= 0.3 is 5.97 Å². The zero-order valence-corrected chi connectivity index (χ0v) is 10.5. The van der Waals surface area contributed by atoms with E-state index in [0.29, 0.717) is 11.3 Å². The number of benzene rings is 1. The van der Waals surface area contributed by atoms with Gasteiger partial charge in [0.1, 0.15) is 12.4 Å². The molecule has 0 bridgehead atoms. The van der Waals surface area contributed by atoms with Gasteiger partial charge in [0.2, 0.25) is 0 Å². The van der Waals surface area contributed by atoms with E-state index in [1.807, 2.05) is 6.07 Å². The molecular formula is C13H15NO4. The topological polar surface area (TPSA) is 90.5 Å². The molecule has 0 saturated heterocycles. The summed E-state index contributed by atoms with van der Waals surface area (Å²) in [4.78, 5) is 10.7. The van der Waals surface area contributed by atoms with Gasteiger partial charge in [-0.15, -0.1) is 0 Å². The van der Waals surface area contributed by atoms with Crippen LogP contribution in [-0.4, -0.2) is 28.4 Å². The molecule has 96 valence electrons. The second-order valence-corrected chi connectivity index (χ2v) is 4.42. The number of carboxylic acids is 1. The standard InChI is InChI=1S/C13H15NO4/c1-8-4-10(6-14)5-9(2)11(8)18-7-13(3,17)12(15)16/h4-5,17H,7H2,1-3H3,(H,15,16). The molecule has 0 aromatic heterocycles. The molecule has 1 rings (SSSR count). The Labute approximate surface area is 105 Å². The van der Waals surface area contributed by atoms with Crippen LogP contribution in [0, 0.1) is 25.2 Å². The first-order valence-corrected chi connectivity index (χ1v) is 5.38. The van der Waals surface area contributed by atoms with E-state index in [2.05, 4.69) is 0 Å². The minimum Gasteiger partial charge on any atom is -0.489 e. The lowest BCUT2D eigenvalue weighted by Crippen LogP contribution is -2.41. The highest BCUT2D eigenvalue weighted by Gasteiger charge is 2.31. The Morgan fingerprint density at radius 3 is 2.33 bits per heavy atom. The Morgan fingerprint density at radius 2 is 1.94 bits per heavy atom. The van der Waals surface area contributed by atoms with Crippen molar-refractivity contribution < 1.29 is 19.7 Å². The molecule has 0 spiro atoms. The lowest BCUT2D eigenvalue weighted by molar-refractivity contribution is -0.159. The molecule has 0 fully saturated rings. The second-order valence-electron chi connectivity index (χ2n) is 4.42. The first-order valence-electron chi connectivity index (χ1n) is 5.38. The highest BCUT2D eigenvalue weighted by Crippen LogP contribution is 2.25. The molecule has 0 amide bonds. The van der Waals surface area contributed by atoms with Gasteiger partial charge in [-0.3, -0.25) is 0 Å². The highest BCUT2D eigenvalue weighted by atomic mass is 16.5. The van der Waals surface area contributed by atoms with Crippen LogP contribution in [0.1, 0.15) is 23.6 Å². The summed E-state index contributed by atoms with van der Waals surface area (Å²) in [6.45, 7) is 4.34. The second kappa shape index (κ2) is 5.07. The van der Waals surface area contributed by atoms with Crippen LogP contribution in [-0.2, 0) is 4.79 Å². The Bertz CT molecular complexity index is 491. The summed E-state index contributed by atoms with van der Waals surface area (Å²) in [6.07, 6.45) is 0. The molecule has 0 aliphatic rings. The van der Waals surface area contributed by atoms with E-state index < -0.39 is 11.6 Å². The first-order chi connectivity index (χ1) is 8.27. The number of aliphatic carboxylic acids is 1. The monoisotopic (exact) mass is 249 g/mol. The molecule has 18 heavy (non-hydrogen) atoms. The Kier molecular flexibility index (Phi) is 3.94. The fraction of sp³-hybridized carbons (Fsp3) is 0.385. The third kappa shape index (κ3) is 2.99. The van der Waals surface area contributed by atoms with E-state index in [-0.39, 0.29) is 6.61 Å². The summed E-state index contributed by atoms with van der Waals surface area (Å²) in [7, 11) is 0. The van der Waals surface area contributed by atoms with Crippen molar-refractivity contribution in [1.82, 2.24) is 0 Å². The maximum atomic E-state index is 10.7. The maximum absolute atomic E-state index is 10.7. The van der Waals surface area contributed by atoms with Gasteiger partial charge in [0.05, 0.1) is 11.6 Å². The van der Waals surface area contributed by atoms with Crippen LogP contribution in [0.3, 0.4) is 0 Å². The van der Waals surface area contributed by atoms with Crippen LogP contribution >= 0.6 is 0 Å². The van der Waals surface area contributed by atoms with Gasteiger partial charge in [0.25, 0.3) is 0 Å². The zero-order valence-electron chi connectivity index (χ0n) is 10.5. The van der Waals surface area contributed by atoms with E-state index in [0.717, 1.165) is 11.1 Å². The molecule has 0 aliphatic carbocycles. The van der Waals surface area contributed by atoms with Crippen LogP contribution in [0.4, 0.5) is 0 Å². The molecule has 5 heteroatoms. The quantitative estimate of drug-likeness (QED) is 0.841. The molecule has 1 unspecified atom stereocenters. The maximum Gasteiger partial charge on any atom is 0.339 e. The number of ether oxygens (including phenoxy) is 1. The number of nitriles is 1. The zero-order chi connectivity index (χ0) is 13.9. The van der Waals surface area contributed by atoms with Crippen molar-refractivity contribution in [2.24, 2.45) is 0 Å². The van der Waals surface area contributed by atoms with Crippen molar-refractivity contribution in [3.63, 3.8) is 0 Å². The van der Waals surface area contributed by atoms with Crippen molar-refractivity contribution in [3.05, 3.63) is 28.8 Å². The summed E-state index contributed by atoms with van der Waals surface area (Å²) in [5.74, 6) is -0.845. The molecule has 0 aliphatic heterocycles. The van der Waals surface area contributed by atoms with E-state index in [1.54, 1.807) is 26.0 Å². The third-order valence-electron chi connectivity index (χ3n) is 2.55. The molecule has 0 heterocycles. The summed E-state index contributed by atoms with van der Waals surface area (Å²) < 4.78 is 5.35. The number of rotatable bonds is 4. The van der Waals surface area contributed by atoms with Crippen LogP contribution in [0.25, 0.3) is 0 Å². The smallest absolute Gasteiger partial charge is 0.339 e. The summed E-state index contributed by atoms with van der Waals surface area (Å²) in [5.41, 5.74) is 0.0371. The van der Waals surface area contributed by atoms with Crippen molar-refractivity contribution >= 4 is 5.97 Å². The molecular weight excluding hydrogens is 234 g/mol. The predicted octanol–water partition coefficient (Wildman–Crippen LogP) is 1.39. The third-order valence-corrected chi connectivity index (χ3v) is 2.55. The molecule has 0 radical (unpaired) electrons. The van der Waals surface area contributed by atoms with E-state index in [4.69, 9.17) is 15.1 Å². The lowest BCUT2D eigenvalue weighted by Gasteiger charge is -2.20. The van der Waals surface area contributed by atoms with Gasteiger partial charge in [0, 0.05) is 0 Å². The molecule has 0 saturated carbocycles. The summed E-state index contributed by atoms with van der Waals surface area (Å²) in [6, 6.07) is 5.33. The molecule has 1 aromatic carbocycles. The predicted molar refractivity (Wildman–Crippen MR) is 64.4 cm³/mol. The molecule has 5 nitrogen and oxygen atoms in total. The number of aryl methyl sites for hydroxylation is 2. The summed E-state index contributed by atoms with van der Waals surface area (Å²) >= 11 is 0. The normalized spacial score (nSPS) is 13.5. The number of carbonyl (C=O) groups is 1.